The van der Waals surface area contributed by atoms with Gasteiger partial charge in [0.05, 0.1) is 5.41 Å². The van der Waals surface area contributed by atoms with Crippen LogP contribution in [-0.2, 0) is 16.0 Å². The van der Waals surface area contributed by atoms with Crippen LogP contribution in [0, 0.1) is 17.0 Å². The molecule has 0 unspecified atom stereocenters. The molecular formula is C14H18F2N2O2. The van der Waals surface area contributed by atoms with Crippen LogP contribution >= 0.6 is 0 Å². The van der Waals surface area contributed by atoms with Crippen LogP contribution in [0.2, 0.25) is 0 Å². The molecule has 2 amide bonds. The summed E-state index contributed by atoms with van der Waals surface area (Å²) in [6.07, 6.45) is 0.0989. The molecule has 0 saturated carbocycles. The van der Waals surface area contributed by atoms with Gasteiger partial charge in [-0.3, -0.25) is 9.59 Å². The number of hydrogen-bond donors (Lipinski definition) is 2. The molecule has 0 bridgehead atoms. The van der Waals surface area contributed by atoms with E-state index in [9.17, 15) is 18.4 Å². The predicted octanol–water partition coefficient (Wildman–Crippen LogP) is 1.53. The van der Waals surface area contributed by atoms with E-state index in [1.54, 1.807) is 13.8 Å². The summed E-state index contributed by atoms with van der Waals surface area (Å²) in [6, 6.07) is 3.11. The molecule has 4 nitrogen and oxygen atoms in total. The zero-order chi connectivity index (χ0) is 15.3. The van der Waals surface area contributed by atoms with Crippen LogP contribution in [0.25, 0.3) is 0 Å². The van der Waals surface area contributed by atoms with Crippen LogP contribution < -0.4 is 11.1 Å². The molecule has 6 heteroatoms. The quantitative estimate of drug-likeness (QED) is 0.831. The van der Waals surface area contributed by atoms with Gasteiger partial charge in [-0.2, -0.15) is 0 Å². The van der Waals surface area contributed by atoms with Crippen molar-refractivity contribution in [1.29, 1.82) is 0 Å². The smallest absolute Gasteiger partial charge is 0.224 e. The summed E-state index contributed by atoms with van der Waals surface area (Å²) in [7, 11) is 0. The van der Waals surface area contributed by atoms with Crippen LogP contribution in [0.3, 0.4) is 0 Å². The van der Waals surface area contributed by atoms with Crippen molar-refractivity contribution in [2.45, 2.75) is 26.7 Å². The van der Waals surface area contributed by atoms with Crippen molar-refractivity contribution in [3.05, 3.63) is 35.4 Å². The first-order valence-electron chi connectivity index (χ1n) is 6.23. The molecular weight excluding hydrogens is 266 g/mol. The third-order valence-corrected chi connectivity index (χ3v) is 3.02. The molecule has 1 aromatic rings. The zero-order valence-electron chi connectivity index (χ0n) is 11.5. The average Bonchev–Trinajstić information content (AvgIpc) is 2.37. The van der Waals surface area contributed by atoms with Gasteiger partial charge in [-0.15, -0.1) is 0 Å². The number of nitrogens with one attached hydrogen (secondary N) is 1. The van der Waals surface area contributed by atoms with Crippen LogP contribution in [-0.4, -0.2) is 18.4 Å². The number of nitrogens with two attached hydrogens (primary N) is 1. The molecule has 0 saturated heterocycles. The van der Waals surface area contributed by atoms with E-state index in [4.69, 9.17) is 5.73 Å². The van der Waals surface area contributed by atoms with Crippen molar-refractivity contribution in [3.63, 3.8) is 0 Å². The lowest BCUT2D eigenvalue weighted by Crippen LogP contribution is -2.42. The second kappa shape index (κ2) is 6.45. The predicted molar refractivity (Wildman–Crippen MR) is 70.7 cm³/mol. The van der Waals surface area contributed by atoms with Crippen LogP contribution in [0.5, 0.6) is 0 Å². The fourth-order valence-electron chi connectivity index (χ4n) is 1.48. The van der Waals surface area contributed by atoms with E-state index in [1.807, 2.05) is 0 Å². The van der Waals surface area contributed by atoms with Gasteiger partial charge in [0.15, 0.2) is 0 Å². The topological polar surface area (TPSA) is 72.2 Å². The molecule has 0 aliphatic rings. The number of hydrogen-bond acceptors (Lipinski definition) is 2. The minimum atomic E-state index is -0.847. The van der Waals surface area contributed by atoms with Gasteiger partial charge in [-0.1, -0.05) is 0 Å². The Hall–Kier alpha value is -1.98. The molecule has 0 aromatic heterocycles. The number of primary amides is 1. The summed E-state index contributed by atoms with van der Waals surface area (Å²) in [4.78, 5) is 22.7. The van der Waals surface area contributed by atoms with Gasteiger partial charge in [0.1, 0.15) is 11.6 Å². The highest BCUT2D eigenvalue weighted by Crippen LogP contribution is 2.13. The molecule has 1 aromatic carbocycles. The number of aryl methyl sites for hydroxylation is 1. The molecule has 110 valence electrons. The Morgan fingerprint density at radius 1 is 1.30 bits per heavy atom. The first-order chi connectivity index (χ1) is 9.22. The molecule has 3 N–H and O–H groups in total. The molecule has 20 heavy (non-hydrogen) atoms. The van der Waals surface area contributed by atoms with Crippen LogP contribution in [0.15, 0.2) is 18.2 Å². The summed E-state index contributed by atoms with van der Waals surface area (Å²) in [5.74, 6) is -1.95. The molecule has 0 aliphatic heterocycles. The fourth-order valence-corrected chi connectivity index (χ4v) is 1.48. The Bertz CT molecular complexity index is 516. The van der Waals surface area contributed by atoms with Crippen molar-refractivity contribution in [2.24, 2.45) is 11.1 Å². The Labute approximate surface area is 116 Å². The zero-order valence-corrected chi connectivity index (χ0v) is 11.5. The van der Waals surface area contributed by atoms with E-state index < -0.39 is 23.0 Å². The lowest BCUT2D eigenvalue weighted by molar-refractivity contribution is -0.127. The summed E-state index contributed by atoms with van der Waals surface area (Å²) in [5.41, 5.74) is 4.48. The normalized spacial score (nSPS) is 11.2. The Morgan fingerprint density at radius 2 is 1.95 bits per heavy atom. The van der Waals surface area contributed by atoms with E-state index in [1.165, 1.54) is 0 Å². The number of halogens is 2. The highest BCUT2D eigenvalue weighted by atomic mass is 19.1. The minimum Gasteiger partial charge on any atom is -0.369 e. The van der Waals surface area contributed by atoms with E-state index >= 15 is 0 Å². The molecule has 0 atom stereocenters. The van der Waals surface area contributed by atoms with E-state index in [2.05, 4.69) is 5.32 Å². The van der Waals surface area contributed by atoms with Gasteiger partial charge in [0.2, 0.25) is 11.8 Å². The van der Waals surface area contributed by atoms with Gasteiger partial charge in [-0.05, 0) is 44.0 Å². The molecule has 0 aliphatic carbocycles. The lowest BCUT2D eigenvalue weighted by atomic mass is 9.93. The van der Waals surface area contributed by atoms with E-state index in [-0.39, 0.29) is 30.9 Å². The summed E-state index contributed by atoms with van der Waals surface area (Å²) in [5, 5.41) is 2.55. The highest BCUT2D eigenvalue weighted by Gasteiger charge is 2.25. The summed E-state index contributed by atoms with van der Waals surface area (Å²) in [6.45, 7) is 3.33. The van der Waals surface area contributed by atoms with Crippen molar-refractivity contribution >= 4 is 11.8 Å². The lowest BCUT2D eigenvalue weighted by Gasteiger charge is -2.20. The number of amides is 2. The molecule has 0 radical (unpaired) electrons. The monoisotopic (exact) mass is 284 g/mol. The average molecular weight is 284 g/mol. The summed E-state index contributed by atoms with van der Waals surface area (Å²) >= 11 is 0. The second-order valence-electron chi connectivity index (χ2n) is 5.26. The molecule has 0 heterocycles. The molecule has 0 fully saturated rings. The van der Waals surface area contributed by atoms with E-state index in [0.717, 1.165) is 18.2 Å². The maximum absolute atomic E-state index is 13.3. The first kappa shape index (κ1) is 16.1. The molecule has 0 spiro atoms. The van der Waals surface area contributed by atoms with Gasteiger partial charge in [0, 0.05) is 13.0 Å². The third kappa shape index (κ3) is 4.60. The Morgan fingerprint density at radius 3 is 2.55 bits per heavy atom. The minimum absolute atomic E-state index is 0.00914. The second-order valence-corrected chi connectivity index (χ2v) is 5.26. The van der Waals surface area contributed by atoms with Gasteiger partial charge >= 0.3 is 0 Å². The standard InChI is InChI=1S/C14H18F2N2O2/c1-14(2,13(17)20)8-18-12(19)6-3-9-7-10(15)4-5-11(9)16/h4-5,7H,3,6,8H2,1-2H3,(H2,17,20)(H,18,19). The maximum atomic E-state index is 13.3. The SMILES string of the molecule is CC(C)(CNC(=O)CCc1cc(F)ccc1F)C(N)=O. The van der Waals surface area contributed by atoms with Crippen LogP contribution in [0.4, 0.5) is 8.78 Å². The first-order valence-corrected chi connectivity index (χ1v) is 6.23. The number of benzene rings is 1. The summed E-state index contributed by atoms with van der Waals surface area (Å²) < 4.78 is 26.3. The van der Waals surface area contributed by atoms with Gasteiger partial charge < -0.3 is 11.1 Å². The van der Waals surface area contributed by atoms with Crippen molar-refractivity contribution in [2.75, 3.05) is 6.54 Å². The van der Waals surface area contributed by atoms with Crippen molar-refractivity contribution in [3.8, 4) is 0 Å². The van der Waals surface area contributed by atoms with Crippen molar-refractivity contribution < 1.29 is 18.4 Å². The van der Waals surface area contributed by atoms with Crippen molar-refractivity contribution in [1.82, 2.24) is 5.32 Å². The molecule has 1 rings (SSSR count). The Balaban J connectivity index is 2.48. The van der Waals surface area contributed by atoms with Gasteiger partial charge in [-0.25, -0.2) is 8.78 Å². The third-order valence-electron chi connectivity index (χ3n) is 3.02. The van der Waals surface area contributed by atoms with E-state index in [0.29, 0.717) is 0 Å². The Kier molecular flexibility index (Phi) is 5.19. The highest BCUT2D eigenvalue weighted by molar-refractivity contribution is 5.82. The number of rotatable bonds is 6. The number of carbonyl (C=O) groups excluding carboxylic acids is 2. The number of carbonyl (C=O) groups is 2. The maximum Gasteiger partial charge on any atom is 0.224 e. The fraction of sp³-hybridized carbons (Fsp3) is 0.429. The van der Waals surface area contributed by atoms with Gasteiger partial charge in [0.25, 0.3) is 0 Å². The largest absolute Gasteiger partial charge is 0.369 e. The van der Waals surface area contributed by atoms with Crippen LogP contribution in [0.1, 0.15) is 25.8 Å².